The van der Waals surface area contributed by atoms with E-state index in [1.54, 1.807) is 6.92 Å². The highest BCUT2D eigenvalue weighted by Gasteiger charge is 2.12. The Morgan fingerprint density at radius 2 is 1.52 bits per heavy atom. The molecule has 0 aliphatic rings. The van der Waals surface area contributed by atoms with Crippen molar-refractivity contribution in [2.45, 2.75) is 13.3 Å². The van der Waals surface area contributed by atoms with Gasteiger partial charge in [-0.05, 0) is 6.92 Å². The van der Waals surface area contributed by atoms with Gasteiger partial charge in [-0.15, -0.1) is 0 Å². The number of ether oxygens (including phenoxy) is 2. The van der Waals surface area contributed by atoms with E-state index in [2.05, 4.69) is 21.2 Å². The summed E-state index contributed by atoms with van der Waals surface area (Å²) in [6.07, 6.45) is 0.0231. The molecule has 0 aliphatic carbocycles. The van der Waals surface area contributed by atoms with Crippen LogP contribution in [0.4, 0.5) is 0 Å². The third kappa shape index (κ3) is 10.4. The van der Waals surface area contributed by atoms with Crippen LogP contribution in [0.2, 0.25) is 0 Å². The average Bonchev–Trinajstić information content (AvgIpc) is 2.45. The van der Waals surface area contributed by atoms with Crippen LogP contribution in [0.3, 0.4) is 0 Å². The molecule has 0 aliphatic heterocycles. The lowest BCUT2D eigenvalue weighted by Crippen LogP contribution is -2.39. The van der Waals surface area contributed by atoms with Crippen molar-refractivity contribution in [3.8, 4) is 0 Å². The van der Waals surface area contributed by atoms with Crippen molar-refractivity contribution in [3.63, 3.8) is 0 Å². The molecule has 0 saturated heterocycles. The van der Waals surface area contributed by atoms with Crippen molar-refractivity contribution >= 4 is 23.4 Å². The molecule has 9 heteroatoms. The van der Waals surface area contributed by atoms with Crippen molar-refractivity contribution in [1.82, 2.24) is 16.1 Å². The maximum absolute atomic E-state index is 11.4. The Balaban J connectivity index is 4.01. The van der Waals surface area contributed by atoms with E-state index in [0.717, 1.165) is 0 Å². The highest BCUT2D eigenvalue weighted by atomic mass is 16.5. The van der Waals surface area contributed by atoms with Gasteiger partial charge in [0.15, 0.2) is 0 Å². The number of rotatable bonds is 9. The van der Waals surface area contributed by atoms with Gasteiger partial charge in [-0.3, -0.25) is 14.4 Å². The van der Waals surface area contributed by atoms with Crippen LogP contribution in [-0.4, -0.2) is 64.0 Å². The summed E-state index contributed by atoms with van der Waals surface area (Å²) in [5.41, 5.74) is 2.45. The second-order valence-electron chi connectivity index (χ2n) is 4.06. The lowest BCUT2D eigenvalue weighted by molar-refractivity contribution is -0.139. The van der Waals surface area contributed by atoms with Crippen LogP contribution in [0.5, 0.6) is 0 Å². The van der Waals surface area contributed by atoms with E-state index in [-0.39, 0.29) is 18.9 Å². The van der Waals surface area contributed by atoms with E-state index in [9.17, 15) is 14.4 Å². The number of amides is 3. The Hall–Kier alpha value is -2.00. The normalized spacial score (nSPS) is 10.9. The molecule has 9 nitrogen and oxygen atoms in total. The van der Waals surface area contributed by atoms with Crippen LogP contribution in [0.1, 0.15) is 13.3 Å². The summed E-state index contributed by atoms with van der Waals surface area (Å²) in [4.78, 5) is 34.1. The van der Waals surface area contributed by atoms with Gasteiger partial charge >= 0.3 is 11.8 Å². The minimum atomic E-state index is -0.898. The molecule has 0 aromatic rings. The van der Waals surface area contributed by atoms with E-state index in [1.807, 2.05) is 0 Å². The van der Waals surface area contributed by atoms with Gasteiger partial charge in [-0.25, -0.2) is 5.43 Å². The highest BCUT2D eigenvalue weighted by molar-refractivity contribution is 6.35. The Morgan fingerprint density at radius 1 is 0.952 bits per heavy atom. The fourth-order valence-corrected chi connectivity index (χ4v) is 1.17. The largest absolute Gasteiger partial charge is 0.383 e. The Morgan fingerprint density at radius 3 is 2.10 bits per heavy atom. The molecule has 21 heavy (non-hydrogen) atoms. The summed E-state index contributed by atoms with van der Waals surface area (Å²) in [6.45, 7) is 2.92. The summed E-state index contributed by atoms with van der Waals surface area (Å²) in [5.74, 6) is -1.95. The fraction of sp³-hybridized carbons (Fsp3) is 0.667. The molecule has 0 unspecified atom stereocenters. The maximum atomic E-state index is 11.4. The number of methoxy groups -OCH3 is 2. The molecule has 0 rings (SSSR count). The number of carbonyl (C=O) groups is 3. The van der Waals surface area contributed by atoms with Crippen LogP contribution < -0.4 is 16.1 Å². The quantitative estimate of drug-likeness (QED) is 0.205. The second kappa shape index (κ2) is 11.8. The standard InChI is InChI=1S/C12H22N4O5/c1-9(8-10(17)13-4-6-20-2)15-16-12(19)11(18)14-5-7-21-3/h4-8H2,1-3H3,(H,13,17)(H,14,18)(H,16,19)/b15-9+. The zero-order valence-corrected chi connectivity index (χ0v) is 12.5. The topological polar surface area (TPSA) is 118 Å². The number of hydrogen-bond donors (Lipinski definition) is 3. The van der Waals surface area contributed by atoms with Crippen molar-refractivity contribution in [1.29, 1.82) is 0 Å². The zero-order valence-electron chi connectivity index (χ0n) is 12.5. The molecule has 3 N–H and O–H groups in total. The van der Waals surface area contributed by atoms with Gasteiger partial charge in [0, 0.05) is 33.0 Å². The lowest BCUT2D eigenvalue weighted by atomic mass is 10.3. The summed E-state index contributed by atoms with van der Waals surface area (Å²) in [5, 5.41) is 8.63. The van der Waals surface area contributed by atoms with Crippen molar-refractivity contribution in [3.05, 3.63) is 0 Å². The molecular weight excluding hydrogens is 280 g/mol. The third-order valence-corrected chi connectivity index (χ3v) is 2.19. The summed E-state index contributed by atoms with van der Waals surface area (Å²) < 4.78 is 9.51. The Labute approximate surface area is 123 Å². The lowest BCUT2D eigenvalue weighted by Gasteiger charge is -2.05. The molecule has 0 fully saturated rings. The first-order chi connectivity index (χ1) is 10.0. The van der Waals surface area contributed by atoms with Gasteiger partial charge in [0.1, 0.15) is 0 Å². The molecule has 0 aromatic carbocycles. The highest BCUT2D eigenvalue weighted by Crippen LogP contribution is 1.85. The van der Waals surface area contributed by atoms with Gasteiger partial charge in [0.25, 0.3) is 0 Å². The van der Waals surface area contributed by atoms with E-state index >= 15 is 0 Å². The smallest absolute Gasteiger partial charge is 0.329 e. The molecule has 0 aromatic heterocycles. The van der Waals surface area contributed by atoms with Gasteiger partial charge in [-0.2, -0.15) is 5.10 Å². The Kier molecular flexibility index (Phi) is 10.7. The van der Waals surface area contributed by atoms with Gasteiger partial charge < -0.3 is 20.1 Å². The van der Waals surface area contributed by atoms with Crippen LogP contribution in [-0.2, 0) is 23.9 Å². The zero-order chi connectivity index (χ0) is 16.1. The number of nitrogens with one attached hydrogen (secondary N) is 3. The summed E-state index contributed by atoms with van der Waals surface area (Å²) in [7, 11) is 3.02. The second-order valence-corrected chi connectivity index (χ2v) is 4.06. The minimum Gasteiger partial charge on any atom is -0.383 e. The first-order valence-corrected chi connectivity index (χ1v) is 6.37. The van der Waals surface area contributed by atoms with Crippen LogP contribution in [0.15, 0.2) is 5.10 Å². The SMILES string of the molecule is COCCNC(=O)C/C(C)=N/NC(=O)C(=O)NCCOC. The number of hydrogen-bond acceptors (Lipinski definition) is 6. The first-order valence-electron chi connectivity index (χ1n) is 6.37. The number of hydrazone groups is 1. The van der Waals surface area contributed by atoms with Crippen molar-refractivity contribution in [2.24, 2.45) is 5.10 Å². The number of carbonyl (C=O) groups excluding carboxylic acids is 3. The Bertz CT molecular complexity index is 384. The number of nitrogens with zero attached hydrogens (tertiary/aromatic N) is 1. The molecule has 0 spiro atoms. The van der Waals surface area contributed by atoms with Gasteiger partial charge in [0.05, 0.1) is 19.6 Å². The molecule has 0 saturated carbocycles. The molecule has 0 radical (unpaired) electrons. The molecule has 0 atom stereocenters. The molecule has 120 valence electrons. The monoisotopic (exact) mass is 302 g/mol. The van der Waals surface area contributed by atoms with E-state index in [4.69, 9.17) is 9.47 Å². The predicted molar refractivity (Wildman–Crippen MR) is 75.6 cm³/mol. The van der Waals surface area contributed by atoms with Gasteiger partial charge in [0.2, 0.25) is 5.91 Å². The molecule has 0 heterocycles. The van der Waals surface area contributed by atoms with Crippen LogP contribution in [0, 0.1) is 0 Å². The average molecular weight is 302 g/mol. The van der Waals surface area contributed by atoms with Crippen LogP contribution in [0.25, 0.3) is 0 Å². The van der Waals surface area contributed by atoms with Crippen molar-refractivity contribution in [2.75, 3.05) is 40.5 Å². The summed E-state index contributed by atoms with van der Waals surface area (Å²) in [6, 6.07) is 0. The van der Waals surface area contributed by atoms with E-state index in [1.165, 1.54) is 14.2 Å². The van der Waals surface area contributed by atoms with E-state index < -0.39 is 11.8 Å². The first kappa shape index (κ1) is 19.0. The maximum Gasteiger partial charge on any atom is 0.329 e. The molecule has 0 bridgehead atoms. The minimum absolute atomic E-state index is 0.0231. The third-order valence-electron chi connectivity index (χ3n) is 2.19. The van der Waals surface area contributed by atoms with Gasteiger partial charge in [-0.1, -0.05) is 0 Å². The predicted octanol–water partition coefficient (Wildman–Crippen LogP) is -1.61. The van der Waals surface area contributed by atoms with Crippen LogP contribution >= 0.6 is 0 Å². The molecule has 3 amide bonds. The van der Waals surface area contributed by atoms with Crippen molar-refractivity contribution < 1.29 is 23.9 Å². The van der Waals surface area contributed by atoms with E-state index in [0.29, 0.717) is 25.5 Å². The molecular formula is C12H22N4O5. The summed E-state index contributed by atoms with van der Waals surface area (Å²) >= 11 is 0. The fourth-order valence-electron chi connectivity index (χ4n) is 1.17.